The van der Waals surface area contributed by atoms with E-state index in [1.54, 1.807) is 0 Å². The summed E-state index contributed by atoms with van der Waals surface area (Å²) in [5.41, 5.74) is 2.23. The zero-order valence-corrected chi connectivity index (χ0v) is 13.3. The lowest BCUT2D eigenvalue weighted by Gasteiger charge is -2.06. The van der Waals surface area contributed by atoms with Crippen LogP contribution in [0.2, 0.25) is 0 Å². The number of para-hydroxylation sites is 1. The number of benzene rings is 2. The Morgan fingerprint density at radius 2 is 1.74 bits per heavy atom. The number of halogens is 2. The van der Waals surface area contributed by atoms with Crippen molar-refractivity contribution in [3.63, 3.8) is 0 Å². The highest BCUT2D eigenvalue weighted by Crippen LogP contribution is 2.31. The van der Waals surface area contributed by atoms with Gasteiger partial charge in [0.15, 0.2) is 0 Å². The number of fused-ring (bicyclic) bond motifs is 1. The lowest BCUT2D eigenvalue weighted by molar-refractivity contribution is 0.545. The molecule has 19 heavy (non-hydrogen) atoms. The van der Waals surface area contributed by atoms with E-state index in [2.05, 4.69) is 68.3 Å². The van der Waals surface area contributed by atoms with E-state index in [1.807, 2.05) is 18.2 Å². The van der Waals surface area contributed by atoms with Crippen molar-refractivity contribution in [2.75, 3.05) is 0 Å². The molecule has 0 aliphatic heterocycles. The summed E-state index contributed by atoms with van der Waals surface area (Å²) < 4.78 is 6.97. The van der Waals surface area contributed by atoms with Crippen molar-refractivity contribution in [1.82, 2.24) is 0 Å². The Labute approximate surface area is 128 Å². The molecule has 1 atom stereocenters. The minimum Gasteiger partial charge on any atom is -0.460 e. The molecule has 0 amide bonds. The van der Waals surface area contributed by atoms with Crippen LogP contribution in [0.1, 0.15) is 16.2 Å². The second-order valence-electron chi connectivity index (χ2n) is 4.48. The first kappa shape index (κ1) is 12.9. The first-order valence-corrected chi connectivity index (χ1v) is 7.80. The molecule has 0 N–H and O–H groups in total. The largest absolute Gasteiger partial charge is 0.460 e. The minimum absolute atomic E-state index is 0.195. The van der Waals surface area contributed by atoms with Crippen LogP contribution in [0.15, 0.2) is 63.5 Å². The Balaban J connectivity index is 1.83. The third kappa shape index (κ3) is 2.93. The lowest BCUT2D eigenvalue weighted by Crippen LogP contribution is -1.93. The van der Waals surface area contributed by atoms with Gasteiger partial charge in [0.05, 0.1) is 4.83 Å². The van der Waals surface area contributed by atoms with Crippen LogP contribution in [0, 0.1) is 0 Å². The molecule has 96 valence electrons. The smallest absolute Gasteiger partial charge is 0.134 e. The zero-order chi connectivity index (χ0) is 13.2. The van der Waals surface area contributed by atoms with Gasteiger partial charge in [-0.1, -0.05) is 62.2 Å². The second-order valence-corrected chi connectivity index (χ2v) is 6.51. The van der Waals surface area contributed by atoms with Crippen molar-refractivity contribution in [1.29, 1.82) is 0 Å². The van der Waals surface area contributed by atoms with Crippen molar-refractivity contribution in [2.45, 2.75) is 11.2 Å². The van der Waals surface area contributed by atoms with Gasteiger partial charge < -0.3 is 4.42 Å². The molecule has 0 aliphatic rings. The topological polar surface area (TPSA) is 13.1 Å². The highest BCUT2D eigenvalue weighted by atomic mass is 79.9. The van der Waals surface area contributed by atoms with Gasteiger partial charge in [-0.05, 0) is 36.2 Å². The molecule has 0 saturated carbocycles. The van der Waals surface area contributed by atoms with Crippen molar-refractivity contribution in [3.8, 4) is 0 Å². The van der Waals surface area contributed by atoms with Crippen molar-refractivity contribution in [2.24, 2.45) is 0 Å². The molecule has 0 radical (unpaired) electrons. The molecule has 0 saturated heterocycles. The molecule has 3 heteroatoms. The van der Waals surface area contributed by atoms with E-state index in [-0.39, 0.29) is 4.83 Å². The van der Waals surface area contributed by atoms with Crippen LogP contribution in [0.4, 0.5) is 0 Å². The van der Waals surface area contributed by atoms with E-state index in [0.29, 0.717) is 0 Å². The third-order valence-electron chi connectivity index (χ3n) is 3.08. The summed E-state index contributed by atoms with van der Waals surface area (Å²) in [6.45, 7) is 0. The molecule has 0 fully saturated rings. The molecule has 1 aromatic heterocycles. The summed E-state index contributed by atoms with van der Waals surface area (Å²) in [4.78, 5) is 0.195. The highest BCUT2D eigenvalue weighted by molar-refractivity contribution is 9.10. The van der Waals surface area contributed by atoms with E-state index in [9.17, 15) is 0 Å². The van der Waals surface area contributed by atoms with Crippen molar-refractivity contribution < 1.29 is 4.42 Å². The van der Waals surface area contributed by atoms with Crippen LogP contribution in [0.5, 0.6) is 0 Å². The Morgan fingerprint density at radius 3 is 2.47 bits per heavy atom. The van der Waals surface area contributed by atoms with Gasteiger partial charge in [-0.2, -0.15) is 0 Å². The van der Waals surface area contributed by atoms with Gasteiger partial charge >= 0.3 is 0 Å². The number of rotatable bonds is 3. The van der Waals surface area contributed by atoms with Crippen LogP contribution in [-0.4, -0.2) is 0 Å². The Hall–Kier alpha value is -1.06. The van der Waals surface area contributed by atoms with E-state index >= 15 is 0 Å². The first-order valence-electron chi connectivity index (χ1n) is 6.09. The lowest BCUT2D eigenvalue weighted by atomic mass is 10.1. The normalized spacial score (nSPS) is 12.7. The summed E-state index contributed by atoms with van der Waals surface area (Å²) >= 11 is 7.16. The molecule has 0 bridgehead atoms. The average molecular weight is 380 g/mol. The number of furan rings is 1. The molecular weight excluding hydrogens is 368 g/mol. The van der Waals surface area contributed by atoms with Gasteiger partial charge in [-0.15, -0.1) is 0 Å². The molecule has 3 aromatic rings. The molecule has 1 nitrogen and oxygen atoms in total. The molecule has 1 heterocycles. The fourth-order valence-electron chi connectivity index (χ4n) is 2.08. The molecule has 2 aromatic carbocycles. The van der Waals surface area contributed by atoms with Crippen molar-refractivity contribution in [3.05, 3.63) is 70.4 Å². The molecule has 0 aliphatic carbocycles. The Bertz CT molecular complexity index is 652. The monoisotopic (exact) mass is 378 g/mol. The molecule has 1 unspecified atom stereocenters. The summed E-state index contributed by atoms with van der Waals surface area (Å²) in [7, 11) is 0. The van der Waals surface area contributed by atoms with Gasteiger partial charge in [0.2, 0.25) is 0 Å². The quantitative estimate of drug-likeness (QED) is 0.518. The maximum absolute atomic E-state index is 5.87. The summed E-state index contributed by atoms with van der Waals surface area (Å²) in [5, 5.41) is 1.15. The first-order chi connectivity index (χ1) is 9.22. The maximum Gasteiger partial charge on any atom is 0.134 e. The fraction of sp³-hybridized carbons (Fsp3) is 0.125. The summed E-state index contributed by atoms with van der Waals surface area (Å²) in [6, 6.07) is 18.6. The number of hydrogen-bond acceptors (Lipinski definition) is 1. The van der Waals surface area contributed by atoms with Crippen LogP contribution in [0.3, 0.4) is 0 Å². The van der Waals surface area contributed by atoms with Gasteiger partial charge in [0.1, 0.15) is 11.3 Å². The summed E-state index contributed by atoms with van der Waals surface area (Å²) in [5.74, 6) is 0.976. The van der Waals surface area contributed by atoms with Gasteiger partial charge in [0.25, 0.3) is 0 Å². The fourth-order valence-corrected chi connectivity index (χ4v) is 2.95. The molecular formula is C16H12Br2O. The second kappa shape index (κ2) is 5.51. The van der Waals surface area contributed by atoms with Crippen LogP contribution >= 0.6 is 31.9 Å². The van der Waals surface area contributed by atoms with E-state index in [0.717, 1.165) is 27.6 Å². The third-order valence-corrected chi connectivity index (χ3v) is 4.39. The van der Waals surface area contributed by atoms with E-state index < -0.39 is 0 Å². The Morgan fingerprint density at radius 1 is 1.00 bits per heavy atom. The van der Waals surface area contributed by atoms with Crippen LogP contribution in [-0.2, 0) is 6.42 Å². The molecule has 3 rings (SSSR count). The van der Waals surface area contributed by atoms with Gasteiger partial charge in [-0.25, -0.2) is 0 Å². The number of alkyl halides is 1. The predicted octanol–water partition coefficient (Wildman–Crippen LogP) is 5.87. The SMILES string of the molecule is Brc1ccc(CC(Br)c2cc3ccccc3o2)cc1. The van der Waals surface area contributed by atoms with Crippen LogP contribution in [0.25, 0.3) is 11.0 Å². The standard InChI is InChI=1S/C16H12Br2O/c17-13-7-5-11(6-8-13)9-14(18)16-10-12-3-1-2-4-15(12)19-16/h1-8,10,14H,9H2. The van der Waals surface area contributed by atoms with Crippen LogP contribution < -0.4 is 0 Å². The van der Waals surface area contributed by atoms with Gasteiger partial charge in [-0.3, -0.25) is 0 Å². The van der Waals surface area contributed by atoms with Gasteiger partial charge in [0, 0.05) is 9.86 Å². The van der Waals surface area contributed by atoms with E-state index in [4.69, 9.17) is 4.42 Å². The highest BCUT2D eigenvalue weighted by Gasteiger charge is 2.13. The average Bonchev–Trinajstić information content (AvgIpc) is 2.85. The predicted molar refractivity (Wildman–Crippen MR) is 85.7 cm³/mol. The Kier molecular flexibility index (Phi) is 3.76. The summed E-state index contributed by atoms with van der Waals surface area (Å²) in [6.07, 6.45) is 0.910. The van der Waals surface area contributed by atoms with E-state index in [1.165, 1.54) is 5.56 Å². The maximum atomic E-state index is 5.87. The zero-order valence-electron chi connectivity index (χ0n) is 10.1. The number of hydrogen-bond donors (Lipinski definition) is 0. The van der Waals surface area contributed by atoms with Crippen molar-refractivity contribution >= 4 is 42.8 Å². The molecule has 0 spiro atoms. The minimum atomic E-state index is 0.195.